The van der Waals surface area contributed by atoms with Crippen molar-refractivity contribution in [1.29, 1.82) is 0 Å². The fourth-order valence-electron chi connectivity index (χ4n) is 5.04. The quantitative estimate of drug-likeness (QED) is 0.146. The number of aromatic hydroxyl groups is 4. The highest BCUT2D eigenvalue weighted by Gasteiger charge is 2.21. The number of benzene rings is 4. The fraction of sp³-hybridized carbons (Fsp3) is 0.250. The van der Waals surface area contributed by atoms with E-state index in [2.05, 4.69) is 76.7 Å². The van der Waals surface area contributed by atoms with Crippen molar-refractivity contribution in [2.24, 2.45) is 0 Å². The normalized spacial score (nSPS) is 11.4. The number of hydrogen-bond acceptors (Lipinski definition) is 4. The lowest BCUT2D eigenvalue weighted by molar-refractivity contribution is -0.916. The van der Waals surface area contributed by atoms with Gasteiger partial charge in [-0.3, -0.25) is 0 Å². The second kappa shape index (κ2) is 13.5. The molecule has 4 N–H and O–H groups in total. The maximum Gasteiger partial charge on any atom is 0.166 e. The number of rotatable bonds is 9. The minimum absolute atomic E-state index is 0. The van der Waals surface area contributed by atoms with Crippen LogP contribution in [0.15, 0.2) is 84.9 Å². The summed E-state index contributed by atoms with van der Waals surface area (Å²) in [6, 6.07) is 27.3. The molecule has 6 nitrogen and oxygen atoms in total. The van der Waals surface area contributed by atoms with E-state index in [1.807, 2.05) is 12.1 Å². The van der Waals surface area contributed by atoms with E-state index in [4.69, 9.17) is 0 Å². The number of quaternary nitrogens is 2. The number of para-hydroxylation sites is 2. The van der Waals surface area contributed by atoms with Crippen molar-refractivity contribution in [2.45, 2.75) is 26.2 Å². The molecule has 0 heterocycles. The predicted molar refractivity (Wildman–Crippen MR) is 150 cm³/mol. The first-order valence-corrected chi connectivity index (χ1v) is 12.7. The molecule has 8 heteroatoms. The van der Waals surface area contributed by atoms with Crippen molar-refractivity contribution >= 4 is 0 Å². The number of phenols is 4. The Kier molecular flexibility index (Phi) is 11.2. The summed E-state index contributed by atoms with van der Waals surface area (Å²) in [6.45, 7) is 2.78. The third-order valence-corrected chi connectivity index (χ3v) is 6.86. The van der Waals surface area contributed by atoms with E-state index in [0.29, 0.717) is 22.1 Å². The fourth-order valence-corrected chi connectivity index (χ4v) is 5.04. The van der Waals surface area contributed by atoms with Crippen molar-refractivity contribution < 1.29 is 63.4 Å². The molecule has 0 aromatic heterocycles. The van der Waals surface area contributed by atoms with Gasteiger partial charge in [-0.15, -0.1) is 0 Å². The lowest BCUT2D eigenvalue weighted by atomic mass is 10.0. The van der Waals surface area contributed by atoms with E-state index in [0.717, 1.165) is 35.3 Å². The highest BCUT2D eigenvalue weighted by molar-refractivity contribution is 5.64. The third kappa shape index (κ3) is 8.48. The Morgan fingerprint density at radius 1 is 0.450 bits per heavy atom. The molecule has 0 unspecified atom stereocenters. The summed E-state index contributed by atoms with van der Waals surface area (Å²) in [7, 11) is 8.44. The maximum atomic E-state index is 10.2. The molecule has 40 heavy (non-hydrogen) atoms. The molecule has 4 rings (SSSR count). The molecule has 0 radical (unpaired) electrons. The summed E-state index contributed by atoms with van der Waals surface area (Å²) in [5.74, 6) is -0.262. The zero-order valence-electron chi connectivity index (χ0n) is 23.4. The van der Waals surface area contributed by atoms with Gasteiger partial charge in [0.2, 0.25) is 0 Å². The standard InChI is InChI=1S/C32H36N2O4.2BrH/c1-33(2,21-27-7-5-9-29(35)31(27)37)19-23-11-15-25(16-12-23)26-17-13-24(14-18-26)20-34(3,4)22-28-8-6-10-30(36)32(28)38;;/h5-18H,19-22H2,1-4H3,(H2-2,35,36,37,38);2*1H. The average molecular weight is 674 g/mol. The van der Waals surface area contributed by atoms with Gasteiger partial charge in [-0.2, -0.15) is 0 Å². The van der Waals surface area contributed by atoms with Gasteiger partial charge in [-0.1, -0.05) is 60.7 Å². The number of nitrogens with zero attached hydrogens (tertiary/aromatic N) is 2. The zero-order valence-corrected chi connectivity index (χ0v) is 26.5. The molecule has 4 aromatic carbocycles. The molecule has 0 atom stereocenters. The minimum Gasteiger partial charge on any atom is -1.00 e. The first kappa shape index (κ1) is 33.2. The molecule has 0 aliphatic heterocycles. The van der Waals surface area contributed by atoms with E-state index in [9.17, 15) is 20.4 Å². The molecule has 0 aliphatic rings. The molecule has 0 amide bonds. The summed E-state index contributed by atoms with van der Waals surface area (Å²) >= 11 is 0. The largest absolute Gasteiger partial charge is 1.00 e. The second-order valence-electron chi connectivity index (χ2n) is 11.5. The van der Waals surface area contributed by atoms with Crippen LogP contribution in [0.3, 0.4) is 0 Å². The van der Waals surface area contributed by atoms with E-state index in [-0.39, 0.29) is 57.0 Å². The molecule has 0 fully saturated rings. The third-order valence-electron chi connectivity index (χ3n) is 6.86. The molecule has 214 valence electrons. The summed E-state index contributed by atoms with van der Waals surface area (Å²) in [6.07, 6.45) is 0. The van der Waals surface area contributed by atoms with Crippen LogP contribution in [0.1, 0.15) is 22.3 Å². The van der Waals surface area contributed by atoms with E-state index in [1.54, 1.807) is 12.1 Å². The van der Waals surface area contributed by atoms with Crippen molar-refractivity contribution in [1.82, 2.24) is 0 Å². The van der Waals surface area contributed by atoms with Crippen LogP contribution in [0.2, 0.25) is 0 Å². The molecule has 0 spiro atoms. The highest BCUT2D eigenvalue weighted by atomic mass is 79.9. The number of phenolic OH excluding ortho intramolecular Hbond substituents is 4. The molecule has 0 saturated carbocycles. The Morgan fingerprint density at radius 2 is 0.775 bits per heavy atom. The van der Waals surface area contributed by atoms with Gasteiger partial charge >= 0.3 is 0 Å². The summed E-state index contributed by atoms with van der Waals surface area (Å²) in [5, 5.41) is 40.0. The first-order chi connectivity index (χ1) is 17.9. The molecular weight excluding hydrogens is 636 g/mol. The Morgan fingerprint density at radius 3 is 1.10 bits per heavy atom. The second-order valence-corrected chi connectivity index (χ2v) is 11.5. The molecular formula is C32H38Br2N2O4. The van der Waals surface area contributed by atoms with Crippen LogP contribution in [0.5, 0.6) is 23.0 Å². The monoisotopic (exact) mass is 672 g/mol. The van der Waals surface area contributed by atoms with Gasteiger partial charge in [0, 0.05) is 11.1 Å². The SMILES string of the molecule is C[N+](C)(Cc1ccc(-c2ccc(C[N+](C)(C)Cc3cccc(O)c3O)cc2)cc1)Cc1cccc(O)c1O.[Br-].[Br-]. The van der Waals surface area contributed by atoms with Crippen LogP contribution < -0.4 is 34.0 Å². The Bertz CT molecular complexity index is 1300. The first-order valence-electron chi connectivity index (χ1n) is 12.7. The predicted octanol–water partition coefficient (Wildman–Crippen LogP) is -0.263. The summed E-state index contributed by atoms with van der Waals surface area (Å²) < 4.78 is 1.28. The van der Waals surface area contributed by atoms with Gasteiger partial charge in [0.05, 0.1) is 39.3 Å². The Hall–Kier alpha value is -3.04. The van der Waals surface area contributed by atoms with Crippen molar-refractivity contribution in [3.8, 4) is 34.1 Å². The van der Waals surface area contributed by atoms with E-state index in [1.165, 1.54) is 23.3 Å². The van der Waals surface area contributed by atoms with Gasteiger partial charge in [-0.05, 0) is 35.4 Å². The van der Waals surface area contributed by atoms with Crippen LogP contribution in [-0.2, 0) is 26.2 Å². The minimum atomic E-state index is -0.0869. The summed E-state index contributed by atoms with van der Waals surface area (Å²) in [4.78, 5) is 0. The van der Waals surface area contributed by atoms with Crippen molar-refractivity contribution in [3.05, 3.63) is 107 Å². The summed E-state index contributed by atoms with van der Waals surface area (Å²) in [5.41, 5.74) is 6.15. The van der Waals surface area contributed by atoms with Crippen LogP contribution in [0.4, 0.5) is 0 Å². The number of halogens is 2. The zero-order chi connectivity index (χ0) is 27.5. The highest BCUT2D eigenvalue weighted by Crippen LogP contribution is 2.32. The van der Waals surface area contributed by atoms with Gasteiger partial charge in [0.15, 0.2) is 23.0 Å². The van der Waals surface area contributed by atoms with Crippen LogP contribution >= 0.6 is 0 Å². The smallest absolute Gasteiger partial charge is 0.166 e. The van der Waals surface area contributed by atoms with Crippen LogP contribution in [0.25, 0.3) is 11.1 Å². The van der Waals surface area contributed by atoms with Crippen LogP contribution in [-0.4, -0.2) is 57.6 Å². The van der Waals surface area contributed by atoms with E-state index >= 15 is 0 Å². The van der Waals surface area contributed by atoms with Gasteiger partial charge in [0.1, 0.15) is 26.2 Å². The lowest BCUT2D eigenvalue weighted by Crippen LogP contribution is -3.00. The topological polar surface area (TPSA) is 80.9 Å². The van der Waals surface area contributed by atoms with Crippen molar-refractivity contribution in [2.75, 3.05) is 28.2 Å². The van der Waals surface area contributed by atoms with E-state index < -0.39 is 0 Å². The molecule has 0 bridgehead atoms. The van der Waals surface area contributed by atoms with Crippen LogP contribution in [0, 0.1) is 0 Å². The molecule has 0 aliphatic carbocycles. The molecule has 0 saturated heterocycles. The Labute approximate surface area is 258 Å². The average Bonchev–Trinajstić information content (AvgIpc) is 2.85. The van der Waals surface area contributed by atoms with Crippen molar-refractivity contribution in [3.63, 3.8) is 0 Å². The molecule has 4 aromatic rings. The van der Waals surface area contributed by atoms with Gasteiger partial charge < -0.3 is 63.4 Å². The van der Waals surface area contributed by atoms with Gasteiger partial charge in [0.25, 0.3) is 0 Å². The lowest BCUT2D eigenvalue weighted by Gasteiger charge is -2.30. The number of hydrogen-bond donors (Lipinski definition) is 4. The van der Waals surface area contributed by atoms with Gasteiger partial charge in [-0.25, -0.2) is 0 Å². The Balaban J connectivity index is 0.00000280. The maximum absolute atomic E-state index is 10.2.